The van der Waals surface area contributed by atoms with E-state index in [0.717, 1.165) is 12.8 Å². The Morgan fingerprint density at radius 2 is 1.61 bits per heavy atom. The first-order chi connectivity index (χ1) is 19.5. The Morgan fingerprint density at radius 3 is 2.20 bits per heavy atom. The van der Waals surface area contributed by atoms with Crippen LogP contribution in [0.15, 0.2) is 89.6 Å². The number of benzene rings is 3. The van der Waals surface area contributed by atoms with E-state index in [9.17, 15) is 0 Å². The molecule has 1 heterocycles. The summed E-state index contributed by atoms with van der Waals surface area (Å²) in [4.78, 5) is 0. The van der Waals surface area contributed by atoms with E-state index >= 15 is 0 Å². The summed E-state index contributed by atoms with van der Waals surface area (Å²) in [5, 5.41) is 4.26. The molecule has 0 bridgehead atoms. The standard InChI is InChI=1S/C21H25.C10H9S.C8H8.Zr/c1-20(2,3)16-9-7-14-11-15-8-10-17(21(4,5)6)13-19(15)18(14)12-16;1-8-2-3-9(6-8)10-4-5-11-7-10;1-2-8-6-4-3-5-7-8;/h7,9-10,12-13H,11H2,1-6H3;2-5,7-8H,1H3;1,3-7H,2H2;/q2*-1;;+2. The van der Waals surface area contributed by atoms with Gasteiger partial charge in [-0.05, 0) is 22.8 Å². The van der Waals surface area contributed by atoms with Gasteiger partial charge in [-0.3, -0.25) is 0 Å². The molecule has 3 aromatic carbocycles. The van der Waals surface area contributed by atoms with Crippen molar-refractivity contribution in [1.82, 2.24) is 0 Å². The molecule has 0 saturated heterocycles. The van der Waals surface area contributed by atoms with Crippen molar-refractivity contribution in [1.29, 1.82) is 0 Å². The zero-order valence-corrected chi connectivity index (χ0v) is 28.9. The van der Waals surface area contributed by atoms with Gasteiger partial charge in [-0.15, -0.1) is 17.2 Å². The van der Waals surface area contributed by atoms with Crippen molar-refractivity contribution in [2.75, 3.05) is 0 Å². The van der Waals surface area contributed by atoms with Gasteiger partial charge in [-0.25, -0.2) is 0 Å². The molecular weight excluding hydrogens is 592 g/mol. The summed E-state index contributed by atoms with van der Waals surface area (Å²) < 4.78 is 2.25. The minimum absolute atomic E-state index is 0.177. The molecule has 0 amide bonds. The first kappa shape index (κ1) is 31.5. The zero-order chi connectivity index (χ0) is 29.6. The molecule has 0 spiro atoms. The van der Waals surface area contributed by atoms with Gasteiger partial charge >= 0.3 is 70.3 Å². The van der Waals surface area contributed by atoms with Crippen LogP contribution in [0.3, 0.4) is 0 Å². The van der Waals surface area contributed by atoms with E-state index in [4.69, 9.17) is 0 Å². The first-order valence-corrected chi connectivity index (χ1v) is 16.9. The average molecular weight is 634 g/mol. The monoisotopic (exact) mass is 632 g/mol. The third-order valence-corrected chi connectivity index (χ3v) is 8.66. The Labute approximate surface area is 267 Å². The maximum absolute atomic E-state index is 3.53. The topological polar surface area (TPSA) is 0 Å². The van der Waals surface area contributed by atoms with Crippen LogP contribution in [0.5, 0.6) is 0 Å². The van der Waals surface area contributed by atoms with Crippen LogP contribution in [0, 0.1) is 18.1 Å². The molecule has 2 aliphatic rings. The second kappa shape index (κ2) is 13.7. The number of fused-ring (bicyclic) bond motifs is 3. The van der Waals surface area contributed by atoms with Crippen LogP contribution in [0.2, 0.25) is 0 Å². The van der Waals surface area contributed by atoms with E-state index in [1.54, 1.807) is 11.3 Å². The van der Waals surface area contributed by atoms with Gasteiger partial charge in [0.25, 0.3) is 0 Å². The first-order valence-electron chi connectivity index (χ1n) is 14.5. The van der Waals surface area contributed by atoms with Gasteiger partial charge < -0.3 is 0 Å². The fraction of sp³-hybridized carbons (Fsp3) is 0.308. The van der Waals surface area contributed by atoms with E-state index < -0.39 is 0 Å². The summed E-state index contributed by atoms with van der Waals surface area (Å²) >= 11 is 3.24. The molecule has 6 rings (SSSR count). The molecule has 41 heavy (non-hydrogen) atoms. The van der Waals surface area contributed by atoms with Crippen LogP contribution in [-0.2, 0) is 47.9 Å². The van der Waals surface area contributed by atoms with Crippen molar-refractivity contribution in [3.63, 3.8) is 0 Å². The van der Waals surface area contributed by atoms with E-state index in [2.05, 4.69) is 148 Å². The van der Waals surface area contributed by atoms with Crippen LogP contribution in [0.25, 0.3) is 16.7 Å². The van der Waals surface area contributed by atoms with Crippen LogP contribution in [-0.4, -0.2) is 3.71 Å². The Bertz CT molecular complexity index is 1440. The van der Waals surface area contributed by atoms with E-state index in [-0.39, 0.29) is 10.8 Å². The zero-order valence-electron chi connectivity index (χ0n) is 25.6. The van der Waals surface area contributed by atoms with E-state index in [1.807, 2.05) is 6.07 Å². The molecule has 4 aromatic rings. The Balaban J connectivity index is 0.000000161. The normalized spacial score (nSPS) is 15.1. The minimum atomic E-state index is 0.177. The molecule has 0 saturated carbocycles. The number of allylic oxidation sites excluding steroid dienone is 4. The molecule has 0 N–H and O–H groups in total. The van der Waals surface area contributed by atoms with Crippen LogP contribution in [0.1, 0.15) is 81.8 Å². The van der Waals surface area contributed by atoms with Gasteiger partial charge in [0, 0.05) is 0 Å². The summed E-state index contributed by atoms with van der Waals surface area (Å²) in [7, 11) is 0. The Morgan fingerprint density at radius 1 is 0.902 bits per heavy atom. The Hall–Kier alpha value is -2.41. The molecule has 1 aromatic heterocycles. The molecule has 208 valence electrons. The van der Waals surface area contributed by atoms with Crippen molar-refractivity contribution in [3.8, 4) is 11.1 Å². The third-order valence-electron chi connectivity index (χ3n) is 7.47. The second-order valence-corrected chi connectivity index (χ2v) is 14.7. The van der Waals surface area contributed by atoms with Crippen molar-refractivity contribution in [3.05, 3.63) is 135 Å². The molecule has 1 unspecified atom stereocenters. The summed E-state index contributed by atoms with van der Waals surface area (Å²) in [5.41, 5.74) is 12.7. The van der Waals surface area contributed by atoms with Gasteiger partial charge in [0.2, 0.25) is 0 Å². The summed E-state index contributed by atoms with van der Waals surface area (Å²) in [6.45, 7) is 15.8. The van der Waals surface area contributed by atoms with Crippen molar-refractivity contribution >= 4 is 20.6 Å². The molecule has 0 aliphatic heterocycles. The summed E-state index contributed by atoms with van der Waals surface area (Å²) in [6, 6.07) is 27.7. The molecule has 2 heteroatoms. The molecule has 1 atom stereocenters. The van der Waals surface area contributed by atoms with Gasteiger partial charge in [0.15, 0.2) is 0 Å². The van der Waals surface area contributed by atoms with Crippen LogP contribution in [0.4, 0.5) is 0 Å². The third kappa shape index (κ3) is 8.56. The van der Waals surface area contributed by atoms with Gasteiger partial charge in [-0.2, -0.15) is 58.4 Å². The van der Waals surface area contributed by atoms with Gasteiger partial charge in [-0.1, -0.05) is 101 Å². The average Bonchev–Trinajstić information content (AvgIpc) is 3.68. The van der Waals surface area contributed by atoms with Crippen LogP contribution < -0.4 is 0 Å². The predicted octanol–water partition coefficient (Wildman–Crippen LogP) is 10.4. The number of thiophene rings is 1. The number of rotatable bonds is 3. The summed E-state index contributed by atoms with van der Waals surface area (Å²) in [5.74, 6) is 0.491. The quantitative estimate of drug-likeness (QED) is 0.173. The van der Waals surface area contributed by atoms with Gasteiger partial charge in [0.1, 0.15) is 0 Å². The van der Waals surface area contributed by atoms with Crippen molar-refractivity contribution in [2.45, 2.75) is 72.1 Å². The van der Waals surface area contributed by atoms with Crippen LogP contribution >= 0.6 is 11.3 Å². The second-order valence-electron chi connectivity index (χ2n) is 12.9. The molecule has 0 fully saturated rings. The number of hydrogen-bond donors (Lipinski definition) is 0. The molecule has 0 nitrogen and oxygen atoms in total. The fourth-order valence-electron chi connectivity index (χ4n) is 4.90. The van der Waals surface area contributed by atoms with Crippen molar-refractivity contribution < 1.29 is 24.2 Å². The van der Waals surface area contributed by atoms with E-state index in [0.29, 0.717) is 5.92 Å². The van der Waals surface area contributed by atoms with E-state index in [1.165, 1.54) is 74.3 Å². The maximum atomic E-state index is 3.53. The SMILES string of the molecule is CC(C)(C)c1c[c-]c2c(c1)-c1cc(C(C)(C)C)ccc1C2.CC1[C-]=C(c2ccsc2)C=C1.[Zr+2]=[CH]Cc1ccccc1. The predicted molar refractivity (Wildman–Crippen MR) is 176 cm³/mol. The van der Waals surface area contributed by atoms with Gasteiger partial charge in [0.05, 0.1) is 0 Å². The Kier molecular flexibility index (Phi) is 10.5. The van der Waals surface area contributed by atoms with Crippen molar-refractivity contribution in [2.24, 2.45) is 5.92 Å². The molecule has 2 aliphatic carbocycles. The number of hydrogen-bond acceptors (Lipinski definition) is 1. The molecule has 0 radical (unpaired) electrons. The summed E-state index contributed by atoms with van der Waals surface area (Å²) in [6.07, 6.45) is 9.84. The fourth-order valence-corrected chi connectivity index (χ4v) is 6.13. The molecular formula is C39H42SZr.